The highest BCUT2D eigenvalue weighted by molar-refractivity contribution is 7.92. The van der Waals surface area contributed by atoms with Gasteiger partial charge >= 0.3 is 0 Å². The molecule has 0 fully saturated rings. The third-order valence-corrected chi connectivity index (χ3v) is 6.59. The largest absolute Gasteiger partial charge is 0.473 e. The van der Waals surface area contributed by atoms with Gasteiger partial charge in [-0.3, -0.25) is 4.72 Å². The van der Waals surface area contributed by atoms with Gasteiger partial charge in [-0.1, -0.05) is 66.2 Å². The summed E-state index contributed by atoms with van der Waals surface area (Å²) < 4.78 is 34.5. The molecule has 0 radical (unpaired) electrons. The van der Waals surface area contributed by atoms with Crippen molar-refractivity contribution < 1.29 is 13.2 Å². The highest BCUT2D eigenvalue weighted by Crippen LogP contribution is 2.27. The lowest BCUT2D eigenvalue weighted by Crippen LogP contribution is -2.24. The number of likely N-dealkylation sites (N-methyl/N-ethyl adjacent to an activating group) is 1. The van der Waals surface area contributed by atoms with Crippen LogP contribution in [0, 0.1) is 6.92 Å². The molecule has 0 bridgehead atoms. The van der Waals surface area contributed by atoms with Crippen LogP contribution in [0.2, 0.25) is 0 Å². The highest BCUT2D eigenvalue weighted by atomic mass is 32.2. The van der Waals surface area contributed by atoms with E-state index in [0.29, 0.717) is 18.8 Å². The molecule has 0 spiro atoms. The SMILES string of the molecule is Cc1ccc(S(=O)(=O)Nc2nc(-c3ccccc3)cnc2OCCN(C)c2ccccc2)cc1. The van der Waals surface area contributed by atoms with E-state index in [1.165, 1.54) is 0 Å². The van der Waals surface area contributed by atoms with E-state index in [9.17, 15) is 8.42 Å². The summed E-state index contributed by atoms with van der Waals surface area (Å²) in [6, 6.07) is 26.0. The van der Waals surface area contributed by atoms with Gasteiger partial charge in [-0.15, -0.1) is 0 Å². The first-order chi connectivity index (χ1) is 16.4. The van der Waals surface area contributed by atoms with Crippen molar-refractivity contribution >= 4 is 21.5 Å². The van der Waals surface area contributed by atoms with E-state index in [2.05, 4.69) is 14.7 Å². The smallest absolute Gasteiger partial charge is 0.263 e. The second-order valence-corrected chi connectivity index (χ2v) is 9.48. The molecule has 34 heavy (non-hydrogen) atoms. The number of sulfonamides is 1. The van der Waals surface area contributed by atoms with Crippen LogP contribution < -0.4 is 14.4 Å². The monoisotopic (exact) mass is 474 g/mol. The zero-order valence-corrected chi connectivity index (χ0v) is 19.9. The summed E-state index contributed by atoms with van der Waals surface area (Å²) in [4.78, 5) is 11.1. The van der Waals surface area contributed by atoms with E-state index in [-0.39, 0.29) is 16.6 Å². The molecule has 0 atom stereocenters. The van der Waals surface area contributed by atoms with Crippen LogP contribution in [0.3, 0.4) is 0 Å². The Bertz CT molecular complexity index is 1330. The molecule has 7 nitrogen and oxygen atoms in total. The first-order valence-corrected chi connectivity index (χ1v) is 12.3. The minimum atomic E-state index is -3.88. The lowest BCUT2D eigenvalue weighted by Gasteiger charge is -2.19. The summed E-state index contributed by atoms with van der Waals surface area (Å²) in [5, 5.41) is 0. The highest BCUT2D eigenvalue weighted by Gasteiger charge is 2.20. The molecule has 0 saturated carbocycles. The maximum absolute atomic E-state index is 13.0. The third-order valence-electron chi connectivity index (χ3n) is 5.23. The molecule has 0 amide bonds. The Morgan fingerprint density at radius 3 is 2.24 bits per heavy atom. The number of aryl methyl sites for hydroxylation is 1. The fourth-order valence-corrected chi connectivity index (χ4v) is 4.29. The molecular formula is C26H26N4O3S. The maximum atomic E-state index is 13.0. The predicted octanol–water partition coefficient (Wildman–Crippen LogP) is 4.77. The second-order valence-electron chi connectivity index (χ2n) is 7.80. The van der Waals surface area contributed by atoms with Gasteiger partial charge in [0.25, 0.3) is 15.9 Å². The minimum absolute atomic E-state index is 0.0456. The van der Waals surface area contributed by atoms with Crippen LogP contribution >= 0.6 is 0 Å². The van der Waals surface area contributed by atoms with Crippen molar-refractivity contribution in [3.8, 4) is 17.1 Å². The number of hydrogen-bond donors (Lipinski definition) is 1. The molecule has 1 aromatic heterocycles. The lowest BCUT2D eigenvalue weighted by molar-refractivity contribution is 0.314. The predicted molar refractivity (Wildman–Crippen MR) is 135 cm³/mol. The van der Waals surface area contributed by atoms with E-state index in [1.807, 2.05) is 79.5 Å². The minimum Gasteiger partial charge on any atom is -0.473 e. The molecule has 1 N–H and O–H groups in total. The van der Waals surface area contributed by atoms with Crippen molar-refractivity contribution in [3.63, 3.8) is 0 Å². The molecule has 4 aromatic rings. The van der Waals surface area contributed by atoms with Crippen LogP contribution in [0.25, 0.3) is 11.3 Å². The number of rotatable bonds is 9. The molecule has 0 aliphatic carbocycles. The average Bonchev–Trinajstić information content (AvgIpc) is 2.86. The van der Waals surface area contributed by atoms with Crippen LogP contribution in [-0.2, 0) is 10.0 Å². The van der Waals surface area contributed by atoms with E-state index in [4.69, 9.17) is 4.74 Å². The van der Waals surface area contributed by atoms with Crippen LogP contribution in [0.4, 0.5) is 11.5 Å². The Labute approximate surface area is 200 Å². The van der Waals surface area contributed by atoms with Gasteiger partial charge in [0, 0.05) is 18.3 Å². The second kappa shape index (κ2) is 10.4. The molecule has 3 aromatic carbocycles. The molecule has 0 saturated heterocycles. The Morgan fingerprint density at radius 2 is 1.56 bits per heavy atom. The first kappa shape index (κ1) is 23.3. The van der Waals surface area contributed by atoms with Crippen molar-refractivity contribution in [2.45, 2.75) is 11.8 Å². The Kier molecular flexibility index (Phi) is 7.08. The summed E-state index contributed by atoms with van der Waals surface area (Å²) in [5.74, 6) is 0.168. The third kappa shape index (κ3) is 5.71. The number of ether oxygens (including phenoxy) is 1. The van der Waals surface area contributed by atoms with Gasteiger partial charge in [0.1, 0.15) is 6.61 Å². The summed E-state index contributed by atoms with van der Waals surface area (Å²) in [6.07, 6.45) is 1.58. The molecular weight excluding hydrogens is 448 g/mol. The molecule has 0 aliphatic rings. The zero-order valence-electron chi connectivity index (χ0n) is 19.0. The Hall–Kier alpha value is -3.91. The summed E-state index contributed by atoms with van der Waals surface area (Å²) in [5.41, 5.74) is 3.38. The van der Waals surface area contributed by atoms with Crippen LogP contribution in [0.1, 0.15) is 5.56 Å². The van der Waals surface area contributed by atoms with Crippen LogP contribution in [-0.4, -0.2) is 38.6 Å². The van der Waals surface area contributed by atoms with Gasteiger partial charge in [0.2, 0.25) is 5.82 Å². The summed E-state index contributed by atoms with van der Waals surface area (Å²) in [6.45, 7) is 2.78. The quantitative estimate of drug-likeness (QED) is 0.376. The molecule has 174 valence electrons. The van der Waals surface area contributed by atoms with Crippen LogP contribution in [0.5, 0.6) is 5.88 Å². The standard InChI is InChI=1S/C26H26N4O3S/c1-20-13-15-23(16-14-20)34(31,32)29-25-26(27-19-24(28-25)21-9-5-3-6-10-21)33-18-17-30(2)22-11-7-4-8-12-22/h3-16,19H,17-18H2,1-2H3,(H,28,29). The molecule has 8 heteroatoms. The number of nitrogens with zero attached hydrogens (tertiary/aromatic N) is 3. The molecule has 4 rings (SSSR count). The number of para-hydroxylation sites is 1. The number of anilines is 2. The van der Waals surface area contributed by atoms with Gasteiger partial charge in [-0.2, -0.15) is 0 Å². The van der Waals surface area contributed by atoms with Crippen molar-refractivity contribution in [3.05, 3.63) is 96.7 Å². The average molecular weight is 475 g/mol. The van der Waals surface area contributed by atoms with Crippen molar-refractivity contribution in [2.75, 3.05) is 29.8 Å². The van der Waals surface area contributed by atoms with E-state index >= 15 is 0 Å². The van der Waals surface area contributed by atoms with Gasteiger partial charge in [-0.25, -0.2) is 18.4 Å². The topological polar surface area (TPSA) is 84.4 Å². The number of benzene rings is 3. The zero-order chi connectivity index (χ0) is 24.0. The van der Waals surface area contributed by atoms with Crippen molar-refractivity contribution in [1.82, 2.24) is 9.97 Å². The normalized spacial score (nSPS) is 11.1. The number of nitrogens with one attached hydrogen (secondary N) is 1. The van der Waals surface area contributed by atoms with Gasteiger partial charge in [-0.05, 0) is 31.2 Å². The van der Waals surface area contributed by atoms with E-state index in [0.717, 1.165) is 16.8 Å². The van der Waals surface area contributed by atoms with Crippen molar-refractivity contribution in [1.29, 1.82) is 0 Å². The van der Waals surface area contributed by atoms with Crippen molar-refractivity contribution in [2.24, 2.45) is 0 Å². The van der Waals surface area contributed by atoms with E-state index < -0.39 is 10.0 Å². The lowest BCUT2D eigenvalue weighted by atomic mass is 10.2. The first-order valence-electron chi connectivity index (χ1n) is 10.8. The van der Waals surface area contributed by atoms with Crippen LogP contribution in [0.15, 0.2) is 96.0 Å². The summed E-state index contributed by atoms with van der Waals surface area (Å²) in [7, 11) is -1.92. The molecule has 1 heterocycles. The number of aromatic nitrogens is 2. The molecule has 0 aliphatic heterocycles. The fraction of sp³-hybridized carbons (Fsp3) is 0.154. The van der Waals surface area contributed by atoms with E-state index in [1.54, 1.807) is 30.5 Å². The van der Waals surface area contributed by atoms with Gasteiger partial charge in [0.05, 0.1) is 23.3 Å². The molecule has 0 unspecified atom stereocenters. The fourth-order valence-electron chi connectivity index (χ4n) is 3.29. The Morgan fingerprint density at radius 1 is 0.912 bits per heavy atom. The van der Waals surface area contributed by atoms with Gasteiger partial charge in [0.15, 0.2) is 0 Å². The van der Waals surface area contributed by atoms with Gasteiger partial charge < -0.3 is 9.64 Å². The Balaban J connectivity index is 1.58. The summed E-state index contributed by atoms with van der Waals surface area (Å²) >= 11 is 0. The number of hydrogen-bond acceptors (Lipinski definition) is 6. The maximum Gasteiger partial charge on any atom is 0.263 e.